The number of imidazole rings is 1. The van der Waals surface area contributed by atoms with Gasteiger partial charge in [-0.05, 0) is 6.92 Å². The molecular formula is C6H10N4O. The number of hydrogen-bond donors (Lipinski definition) is 2. The van der Waals surface area contributed by atoms with Gasteiger partial charge in [0.2, 0.25) is 5.95 Å². The molecule has 0 radical (unpaired) electrons. The first kappa shape index (κ1) is 7.59. The van der Waals surface area contributed by atoms with Crippen LogP contribution in [0, 0.1) is 0 Å². The highest BCUT2D eigenvalue weighted by Gasteiger charge is 2.10. The van der Waals surface area contributed by atoms with Crippen molar-refractivity contribution in [3.05, 3.63) is 12.4 Å². The first-order valence-electron chi connectivity index (χ1n) is 3.32. The third-order valence-corrected chi connectivity index (χ3v) is 1.32. The summed E-state index contributed by atoms with van der Waals surface area (Å²) in [6.45, 7) is 2.34. The van der Waals surface area contributed by atoms with Crippen LogP contribution in [0.15, 0.2) is 12.4 Å². The van der Waals surface area contributed by atoms with Crippen molar-refractivity contribution >= 4 is 12.0 Å². The largest absolute Gasteiger partial charge is 0.351 e. The van der Waals surface area contributed by atoms with Crippen molar-refractivity contribution in [3.8, 4) is 0 Å². The Hall–Kier alpha value is -1.52. The molecule has 0 spiro atoms. The second kappa shape index (κ2) is 3.05. The molecule has 0 aliphatic rings. The summed E-state index contributed by atoms with van der Waals surface area (Å²) in [6, 6.07) is -0.498. The molecule has 0 aliphatic heterocycles. The van der Waals surface area contributed by atoms with Gasteiger partial charge in [-0.15, -0.1) is 0 Å². The summed E-state index contributed by atoms with van der Waals surface area (Å²) in [5.74, 6) is 0.486. The average molecular weight is 154 g/mol. The van der Waals surface area contributed by atoms with Crippen LogP contribution in [0.2, 0.25) is 0 Å². The van der Waals surface area contributed by atoms with Crippen LogP contribution in [0.25, 0.3) is 0 Å². The maximum atomic E-state index is 10.7. The molecule has 5 nitrogen and oxygen atoms in total. The monoisotopic (exact) mass is 154 g/mol. The van der Waals surface area contributed by atoms with Gasteiger partial charge in [0.05, 0.1) is 0 Å². The molecule has 2 amide bonds. The minimum atomic E-state index is -0.498. The van der Waals surface area contributed by atoms with Crippen LogP contribution in [-0.4, -0.2) is 22.5 Å². The van der Waals surface area contributed by atoms with Crippen molar-refractivity contribution in [1.29, 1.82) is 0 Å². The van der Waals surface area contributed by atoms with Crippen molar-refractivity contribution in [2.75, 3.05) is 11.4 Å². The lowest BCUT2D eigenvalue weighted by molar-refractivity contribution is 0.254. The van der Waals surface area contributed by atoms with Crippen LogP contribution in [0.5, 0.6) is 0 Å². The number of nitrogens with one attached hydrogen (secondary N) is 1. The summed E-state index contributed by atoms with van der Waals surface area (Å²) in [5.41, 5.74) is 5.07. The van der Waals surface area contributed by atoms with E-state index in [1.165, 1.54) is 4.90 Å². The number of aromatic amines is 1. The van der Waals surface area contributed by atoms with Gasteiger partial charge in [0, 0.05) is 18.9 Å². The number of nitrogens with zero attached hydrogens (tertiary/aromatic N) is 2. The second-order valence-electron chi connectivity index (χ2n) is 2.00. The summed E-state index contributed by atoms with van der Waals surface area (Å²) < 4.78 is 0. The molecule has 0 bridgehead atoms. The number of carbonyl (C=O) groups is 1. The zero-order valence-electron chi connectivity index (χ0n) is 6.24. The first-order valence-corrected chi connectivity index (χ1v) is 3.32. The highest BCUT2D eigenvalue weighted by atomic mass is 16.2. The van der Waals surface area contributed by atoms with E-state index in [1.54, 1.807) is 12.4 Å². The maximum Gasteiger partial charge on any atom is 0.321 e. The summed E-state index contributed by atoms with van der Waals surface area (Å²) in [6.07, 6.45) is 3.21. The molecule has 0 fully saturated rings. The lowest BCUT2D eigenvalue weighted by Gasteiger charge is -2.13. The molecule has 0 unspecified atom stereocenters. The Morgan fingerprint density at radius 1 is 1.91 bits per heavy atom. The Morgan fingerprint density at radius 2 is 2.64 bits per heavy atom. The van der Waals surface area contributed by atoms with Crippen LogP contribution >= 0.6 is 0 Å². The van der Waals surface area contributed by atoms with Gasteiger partial charge < -0.3 is 10.7 Å². The maximum absolute atomic E-state index is 10.7. The Kier molecular flexibility index (Phi) is 2.10. The predicted octanol–water partition coefficient (Wildman–Crippen LogP) is 0.315. The number of urea groups is 1. The van der Waals surface area contributed by atoms with Crippen molar-refractivity contribution in [1.82, 2.24) is 9.97 Å². The van der Waals surface area contributed by atoms with Crippen LogP contribution in [0.1, 0.15) is 6.92 Å². The fourth-order valence-electron chi connectivity index (χ4n) is 0.815. The number of amides is 2. The van der Waals surface area contributed by atoms with Crippen LogP contribution < -0.4 is 10.6 Å². The summed E-state index contributed by atoms with van der Waals surface area (Å²) in [4.78, 5) is 18.7. The third-order valence-electron chi connectivity index (χ3n) is 1.32. The Balaban J connectivity index is 2.79. The molecule has 0 aliphatic carbocycles. The normalized spacial score (nSPS) is 9.55. The van der Waals surface area contributed by atoms with Crippen molar-refractivity contribution < 1.29 is 4.79 Å². The number of primary amides is 1. The van der Waals surface area contributed by atoms with E-state index in [0.29, 0.717) is 12.5 Å². The van der Waals surface area contributed by atoms with Gasteiger partial charge in [0.1, 0.15) is 0 Å². The number of aromatic nitrogens is 2. The van der Waals surface area contributed by atoms with Gasteiger partial charge in [-0.3, -0.25) is 4.90 Å². The minimum Gasteiger partial charge on any atom is -0.351 e. The third kappa shape index (κ3) is 1.49. The molecule has 0 atom stereocenters. The fraction of sp³-hybridized carbons (Fsp3) is 0.333. The molecule has 1 heterocycles. The molecule has 1 aromatic heterocycles. The van der Waals surface area contributed by atoms with E-state index in [0.717, 1.165) is 0 Å². The number of hydrogen-bond acceptors (Lipinski definition) is 2. The molecule has 11 heavy (non-hydrogen) atoms. The number of anilines is 1. The Morgan fingerprint density at radius 3 is 3.00 bits per heavy atom. The van der Waals surface area contributed by atoms with E-state index in [2.05, 4.69) is 9.97 Å². The molecule has 1 rings (SSSR count). The smallest absolute Gasteiger partial charge is 0.321 e. The van der Waals surface area contributed by atoms with E-state index in [4.69, 9.17) is 5.73 Å². The number of nitrogens with two attached hydrogens (primary N) is 1. The minimum absolute atomic E-state index is 0.486. The number of rotatable bonds is 2. The second-order valence-corrected chi connectivity index (χ2v) is 2.00. The molecule has 0 aromatic carbocycles. The molecule has 1 aromatic rings. The quantitative estimate of drug-likeness (QED) is 0.643. The lowest BCUT2D eigenvalue weighted by atomic mass is 10.6. The van der Waals surface area contributed by atoms with Gasteiger partial charge in [0.25, 0.3) is 0 Å². The van der Waals surface area contributed by atoms with Crippen LogP contribution in [-0.2, 0) is 0 Å². The summed E-state index contributed by atoms with van der Waals surface area (Å²) in [7, 11) is 0. The molecule has 0 saturated heterocycles. The average Bonchev–Trinajstić information content (AvgIpc) is 2.40. The highest BCUT2D eigenvalue weighted by molar-refractivity contribution is 5.88. The molecular weight excluding hydrogens is 144 g/mol. The van der Waals surface area contributed by atoms with Crippen molar-refractivity contribution in [3.63, 3.8) is 0 Å². The van der Waals surface area contributed by atoms with Gasteiger partial charge in [-0.2, -0.15) is 0 Å². The van der Waals surface area contributed by atoms with Gasteiger partial charge in [-0.25, -0.2) is 9.78 Å². The van der Waals surface area contributed by atoms with Gasteiger partial charge >= 0.3 is 6.03 Å². The summed E-state index contributed by atoms with van der Waals surface area (Å²) >= 11 is 0. The molecule has 5 heteroatoms. The predicted molar refractivity (Wildman–Crippen MR) is 41.2 cm³/mol. The summed E-state index contributed by atoms with van der Waals surface area (Å²) in [5, 5.41) is 0. The van der Waals surface area contributed by atoms with Crippen molar-refractivity contribution in [2.24, 2.45) is 5.73 Å². The molecule has 60 valence electrons. The Bertz CT molecular complexity index is 231. The number of H-pyrrole nitrogens is 1. The van der Waals surface area contributed by atoms with E-state index in [9.17, 15) is 4.79 Å². The zero-order chi connectivity index (χ0) is 8.27. The van der Waals surface area contributed by atoms with Crippen LogP contribution in [0.4, 0.5) is 10.7 Å². The van der Waals surface area contributed by atoms with E-state index < -0.39 is 6.03 Å². The van der Waals surface area contributed by atoms with E-state index in [1.807, 2.05) is 6.92 Å². The van der Waals surface area contributed by atoms with Gasteiger partial charge in [-0.1, -0.05) is 0 Å². The first-order chi connectivity index (χ1) is 5.25. The fourth-order valence-corrected chi connectivity index (χ4v) is 0.815. The molecule has 3 N–H and O–H groups in total. The zero-order valence-corrected chi connectivity index (χ0v) is 6.24. The topological polar surface area (TPSA) is 75.0 Å². The lowest BCUT2D eigenvalue weighted by Crippen LogP contribution is -2.36. The van der Waals surface area contributed by atoms with E-state index >= 15 is 0 Å². The van der Waals surface area contributed by atoms with Crippen molar-refractivity contribution in [2.45, 2.75) is 6.92 Å². The SMILES string of the molecule is CCN(C(N)=O)c1ncc[nH]1. The molecule has 0 saturated carbocycles. The Labute approximate surface area is 64.2 Å². The number of carbonyl (C=O) groups excluding carboxylic acids is 1. The highest BCUT2D eigenvalue weighted by Crippen LogP contribution is 2.03. The standard InChI is InChI=1S/C6H10N4O/c1-2-10(5(7)11)6-8-3-4-9-6/h3-4H,2H2,1H3,(H2,7,11)(H,8,9). The van der Waals surface area contributed by atoms with Gasteiger partial charge in [0.15, 0.2) is 0 Å². The van der Waals surface area contributed by atoms with Crippen LogP contribution in [0.3, 0.4) is 0 Å². The van der Waals surface area contributed by atoms with E-state index in [-0.39, 0.29) is 0 Å².